The summed E-state index contributed by atoms with van der Waals surface area (Å²) in [6.45, 7) is 8.11. The lowest BCUT2D eigenvalue weighted by Gasteiger charge is -2.40. The van der Waals surface area contributed by atoms with Crippen LogP contribution in [0.3, 0.4) is 0 Å². The maximum absolute atomic E-state index is 12.3. The highest BCUT2D eigenvalue weighted by atomic mass is 16.6. The molecule has 2 fully saturated rings. The molecule has 104 valence electrons. The zero-order valence-corrected chi connectivity index (χ0v) is 11.9. The van der Waals surface area contributed by atoms with Gasteiger partial charge < -0.3 is 15.4 Å². The van der Waals surface area contributed by atoms with Crippen molar-refractivity contribution in [2.24, 2.45) is 11.1 Å². The Balaban J connectivity index is 1.96. The largest absolute Gasteiger partial charge is 0.460 e. The first-order chi connectivity index (χ1) is 8.36. The molecule has 1 saturated heterocycles. The van der Waals surface area contributed by atoms with Gasteiger partial charge in [0.25, 0.3) is 0 Å². The maximum atomic E-state index is 12.3. The van der Waals surface area contributed by atoms with Crippen LogP contribution >= 0.6 is 0 Å². The van der Waals surface area contributed by atoms with Gasteiger partial charge in [0, 0.05) is 12.6 Å². The fraction of sp³-hybridized carbons (Fsp3) is 0.929. The molecular formula is C14H26N2O2. The molecule has 2 aliphatic rings. The standard InChI is InChI=1S/C14H26N2O2/c1-13(2,3)18-12(17)14(10-15)6-8-16(9-7-14)11-4-5-11/h11H,4-10,15H2,1-3H3. The smallest absolute Gasteiger partial charge is 0.313 e. The van der Waals surface area contributed by atoms with Crippen LogP contribution in [-0.2, 0) is 9.53 Å². The normalized spacial score (nSPS) is 24.9. The maximum Gasteiger partial charge on any atom is 0.313 e. The van der Waals surface area contributed by atoms with E-state index in [9.17, 15) is 4.79 Å². The van der Waals surface area contributed by atoms with Gasteiger partial charge in [-0.25, -0.2) is 0 Å². The first kappa shape index (κ1) is 13.8. The van der Waals surface area contributed by atoms with Gasteiger partial charge in [0.05, 0.1) is 5.41 Å². The summed E-state index contributed by atoms with van der Waals surface area (Å²) in [7, 11) is 0. The molecule has 1 heterocycles. The van der Waals surface area contributed by atoms with Gasteiger partial charge in [-0.05, 0) is 59.5 Å². The van der Waals surface area contributed by atoms with E-state index in [0.717, 1.165) is 32.0 Å². The van der Waals surface area contributed by atoms with Gasteiger partial charge in [-0.2, -0.15) is 0 Å². The SMILES string of the molecule is CC(C)(C)OC(=O)C1(CN)CCN(C2CC2)CC1. The molecule has 1 aliphatic heterocycles. The quantitative estimate of drug-likeness (QED) is 0.776. The van der Waals surface area contributed by atoms with Gasteiger partial charge in [-0.1, -0.05) is 0 Å². The van der Waals surface area contributed by atoms with Crippen LogP contribution in [0.15, 0.2) is 0 Å². The zero-order chi connectivity index (χ0) is 13.4. The summed E-state index contributed by atoms with van der Waals surface area (Å²) < 4.78 is 5.55. The molecule has 18 heavy (non-hydrogen) atoms. The van der Waals surface area contributed by atoms with Crippen molar-refractivity contribution < 1.29 is 9.53 Å². The highest BCUT2D eigenvalue weighted by Gasteiger charge is 2.45. The Morgan fingerprint density at radius 2 is 1.89 bits per heavy atom. The second kappa shape index (κ2) is 4.82. The average Bonchev–Trinajstić information content (AvgIpc) is 3.10. The van der Waals surface area contributed by atoms with Gasteiger partial charge in [0.1, 0.15) is 5.60 Å². The van der Waals surface area contributed by atoms with E-state index >= 15 is 0 Å². The predicted molar refractivity (Wildman–Crippen MR) is 71.2 cm³/mol. The third kappa shape index (κ3) is 3.04. The van der Waals surface area contributed by atoms with E-state index in [4.69, 9.17) is 10.5 Å². The first-order valence-corrected chi connectivity index (χ1v) is 7.04. The summed E-state index contributed by atoms with van der Waals surface area (Å²) in [6.07, 6.45) is 4.33. The second-order valence-electron chi connectivity index (χ2n) is 6.75. The van der Waals surface area contributed by atoms with Crippen molar-refractivity contribution in [3.8, 4) is 0 Å². The molecule has 4 nitrogen and oxygen atoms in total. The fourth-order valence-electron chi connectivity index (χ4n) is 2.63. The molecule has 0 bridgehead atoms. The number of piperidine rings is 1. The number of nitrogens with zero attached hydrogens (tertiary/aromatic N) is 1. The molecule has 2 rings (SSSR count). The molecule has 4 heteroatoms. The summed E-state index contributed by atoms with van der Waals surface area (Å²) in [4.78, 5) is 14.8. The second-order valence-corrected chi connectivity index (χ2v) is 6.75. The molecule has 0 unspecified atom stereocenters. The van der Waals surface area contributed by atoms with Gasteiger partial charge in [-0.3, -0.25) is 4.79 Å². The molecule has 0 spiro atoms. The molecule has 0 aromatic heterocycles. The molecule has 1 saturated carbocycles. The minimum absolute atomic E-state index is 0.104. The zero-order valence-electron chi connectivity index (χ0n) is 11.9. The number of hydrogen-bond acceptors (Lipinski definition) is 4. The summed E-state index contributed by atoms with van der Waals surface area (Å²) in [6, 6.07) is 0.777. The van der Waals surface area contributed by atoms with Crippen molar-refractivity contribution in [3.63, 3.8) is 0 Å². The Labute approximate surface area is 110 Å². The van der Waals surface area contributed by atoms with Gasteiger partial charge in [0.2, 0.25) is 0 Å². The Morgan fingerprint density at radius 3 is 2.28 bits per heavy atom. The van der Waals surface area contributed by atoms with Crippen molar-refractivity contribution in [1.82, 2.24) is 4.90 Å². The number of likely N-dealkylation sites (tertiary alicyclic amines) is 1. The van der Waals surface area contributed by atoms with E-state index in [2.05, 4.69) is 4.90 Å². The fourth-order valence-corrected chi connectivity index (χ4v) is 2.63. The number of carbonyl (C=O) groups excluding carboxylic acids is 1. The highest BCUT2D eigenvalue weighted by Crippen LogP contribution is 2.37. The number of rotatable bonds is 3. The minimum atomic E-state index is -0.446. The van der Waals surface area contributed by atoms with Crippen LogP contribution in [0.2, 0.25) is 0 Å². The third-order valence-corrected chi connectivity index (χ3v) is 4.04. The van der Waals surface area contributed by atoms with Crippen LogP contribution in [-0.4, -0.2) is 42.1 Å². The minimum Gasteiger partial charge on any atom is -0.460 e. The number of ether oxygens (including phenoxy) is 1. The van der Waals surface area contributed by atoms with E-state index in [1.165, 1.54) is 12.8 Å². The summed E-state index contributed by atoms with van der Waals surface area (Å²) in [5.41, 5.74) is 5.01. The summed E-state index contributed by atoms with van der Waals surface area (Å²) >= 11 is 0. The average molecular weight is 254 g/mol. The molecule has 0 radical (unpaired) electrons. The van der Waals surface area contributed by atoms with Crippen LogP contribution in [0.1, 0.15) is 46.5 Å². The van der Waals surface area contributed by atoms with Crippen LogP contribution in [0.4, 0.5) is 0 Å². The van der Waals surface area contributed by atoms with Crippen molar-refractivity contribution in [2.75, 3.05) is 19.6 Å². The Bertz CT molecular complexity index is 310. The highest BCUT2D eigenvalue weighted by molar-refractivity contribution is 5.77. The number of nitrogens with two attached hydrogens (primary N) is 1. The monoisotopic (exact) mass is 254 g/mol. The van der Waals surface area contributed by atoms with E-state index in [1.807, 2.05) is 20.8 Å². The predicted octanol–water partition coefficient (Wildman–Crippen LogP) is 1.53. The summed E-state index contributed by atoms with van der Waals surface area (Å²) in [5, 5.41) is 0. The Kier molecular flexibility index (Phi) is 3.70. The lowest BCUT2D eigenvalue weighted by Crippen LogP contribution is -2.50. The van der Waals surface area contributed by atoms with Gasteiger partial charge >= 0.3 is 5.97 Å². The van der Waals surface area contributed by atoms with E-state index in [-0.39, 0.29) is 5.97 Å². The number of hydrogen-bond donors (Lipinski definition) is 1. The van der Waals surface area contributed by atoms with E-state index < -0.39 is 11.0 Å². The van der Waals surface area contributed by atoms with Crippen LogP contribution in [0.5, 0.6) is 0 Å². The third-order valence-electron chi connectivity index (χ3n) is 4.04. The van der Waals surface area contributed by atoms with E-state index in [0.29, 0.717) is 6.54 Å². The van der Waals surface area contributed by atoms with Crippen LogP contribution in [0.25, 0.3) is 0 Å². The Hall–Kier alpha value is -0.610. The summed E-state index contributed by atoms with van der Waals surface area (Å²) in [5.74, 6) is -0.104. The van der Waals surface area contributed by atoms with Crippen molar-refractivity contribution in [3.05, 3.63) is 0 Å². The molecule has 2 N–H and O–H groups in total. The van der Waals surface area contributed by atoms with Gasteiger partial charge in [0.15, 0.2) is 0 Å². The molecule has 0 atom stereocenters. The topological polar surface area (TPSA) is 55.6 Å². The molecule has 0 aromatic carbocycles. The lowest BCUT2D eigenvalue weighted by atomic mass is 9.78. The molecule has 1 aliphatic carbocycles. The van der Waals surface area contributed by atoms with Crippen LogP contribution in [0, 0.1) is 5.41 Å². The van der Waals surface area contributed by atoms with Gasteiger partial charge in [-0.15, -0.1) is 0 Å². The Morgan fingerprint density at radius 1 is 1.33 bits per heavy atom. The molecular weight excluding hydrogens is 228 g/mol. The van der Waals surface area contributed by atoms with E-state index in [1.54, 1.807) is 0 Å². The molecule has 0 amide bonds. The molecule has 0 aromatic rings. The van der Waals surface area contributed by atoms with Crippen molar-refractivity contribution in [2.45, 2.75) is 58.1 Å². The number of esters is 1. The van der Waals surface area contributed by atoms with Crippen LogP contribution < -0.4 is 5.73 Å². The lowest BCUT2D eigenvalue weighted by molar-refractivity contribution is -0.170. The van der Waals surface area contributed by atoms with Crippen molar-refractivity contribution in [1.29, 1.82) is 0 Å². The first-order valence-electron chi connectivity index (χ1n) is 7.04. The number of carbonyl (C=O) groups is 1. The van der Waals surface area contributed by atoms with Crippen molar-refractivity contribution >= 4 is 5.97 Å².